The summed E-state index contributed by atoms with van der Waals surface area (Å²) in [7, 11) is 3.00. The molecule has 3 heterocycles. The molecule has 11 heteroatoms. The first-order valence-corrected chi connectivity index (χ1v) is 10.9. The van der Waals surface area contributed by atoms with Crippen LogP contribution in [0.25, 0.3) is 22.5 Å². The van der Waals surface area contributed by atoms with E-state index in [9.17, 15) is 4.79 Å². The Kier molecular flexibility index (Phi) is 5.79. The minimum atomic E-state index is -0.387. The average Bonchev–Trinajstić information content (AvgIpc) is 3.46. The van der Waals surface area contributed by atoms with Gasteiger partial charge in [-0.1, -0.05) is 23.7 Å². The van der Waals surface area contributed by atoms with Crippen molar-refractivity contribution in [3.8, 4) is 23.0 Å². The molecule has 0 aliphatic rings. The van der Waals surface area contributed by atoms with Crippen LogP contribution in [0.15, 0.2) is 61.1 Å². The van der Waals surface area contributed by atoms with Crippen molar-refractivity contribution in [1.82, 2.24) is 29.5 Å². The number of hydrogen-bond acceptors (Lipinski definition) is 7. The molecule has 0 saturated heterocycles. The van der Waals surface area contributed by atoms with Gasteiger partial charge in [0.1, 0.15) is 12.1 Å². The Morgan fingerprint density at radius 2 is 1.86 bits per heavy atom. The lowest BCUT2D eigenvalue weighted by Crippen LogP contribution is -2.17. The number of ether oxygens (including phenoxy) is 2. The first-order valence-electron chi connectivity index (χ1n) is 10.5. The number of carbonyl (C=O) groups excluding carboxylic acids is 1. The van der Waals surface area contributed by atoms with Crippen LogP contribution in [0.4, 0.5) is 5.82 Å². The molecule has 0 bridgehead atoms. The molecule has 5 aromatic rings. The van der Waals surface area contributed by atoms with Crippen LogP contribution in [0.1, 0.15) is 16.1 Å². The molecular formula is C24H20ClN7O3. The van der Waals surface area contributed by atoms with E-state index in [0.717, 1.165) is 5.69 Å². The summed E-state index contributed by atoms with van der Waals surface area (Å²) in [4.78, 5) is 22.0. The number of fused-ring (bicyclic) bond motifs is 1. The molecule has 3 aromatic heterocycles. The molecular weight excluding hydrogens is 470 g/mol. The van der Waals surface area contributed by atoms with Crippen LogP contribution >= 0.6 is 11.6 Å². The third-order valence-corrected chi connectivity index (χ3v) is 5.55. The molecule has 0 unspecified atom stereocenters. The zero-order chi connectivity index (χ0) is 24.5. The highest BCUT2D eigenvalue weighted by molar-refractivity contribution is 6.30. The van der Waals surface area contributed by atoms with E-state index >= 15 is 0 Å². The number of nitrogens with one attached hydrogen (secondary N) is 1. The molecule has 0 aliphatic heterocycles. The van der Waals surface area contributed by atoms with Gasteiger partial charge in [-0.2, -0.15) is 14.9 Å². The van der Waals surface area contributed by atoms with Crippen molar-refractivity contribution in [1.29, 1.82) is 0 Å². The van der Waals surface area contributed by atoms with Crippen molar-refractivity contribution in [2.75, 3.05) is 19.5 Å². The van der Waals surface area contributed by atoms with Crippen LogP contribution < -0.4 is 14.8 Å². The summed E-state index contributed by atoms with van der Waals surface area (Å²) in [5.41, 5.74) is 2.33. The lowest BCUT2D eigenvalue weighted by Gasteiger charge is -2.13. The molecule has 0 saturated carbocycles. The third kappa shape index (κ3) is 4.04. The fourth-order valence-corrected chi connectivity index (χ4v) is 3.98. The second-order valence-corrected chi connectivity index (χ2v) is 7.99. The maximum absolute atomic E-state index is 13.2. The normalized spacial score (nSPS) is 11.0. The minimum Gasteiger partial charge on any atom is -0.493 e. The summed E-state index contributed by atoms with van der Waals surface area (Å²) >= 11 is 6.16. The first kappa shape index (κ1) is 22.4. The number of para-hydroxylation sites is 1. The first-order chi connectivity index (χ1) is 17.0. The summed E-state index contributed by atoms with van der Waals surface area (Å²) in [5.74, 6) is 1.29. The topological polar surface area (TPSA) is 109 Å². The smallest absolute Gasteiger partial charge is 0.260 e. The van der Waals surface area contributed by atoms with E-state index in [0.29, 0.717) is 50.4 Å². The highest BCUT2D eigenvalue weighted by atomic mass is 35.5. The Morgan fingerprint density at radius 1 is 1.03 bits per heavy atom. The monoisotopic (exact) mass is 489 g/mol. The Labute approximate surface area is 205 Å². The zero-order valence-electron chi connectivity index (χ0n) is 19.1. The molecule has 2 aromatic carbocycles. The van der Waals surface area contributed by atoms with Gasteiger partial charge >= 0.3 is 0 Å². The molecule has 1 N–H and O–H groups in total. The third-order valence-electron chi connectivity index (χ3n) is 5.32. The number of benzene rings is 2. The zero-order valence-corrected chi connectivity index (χ0v) is 19.8. The predicted octanol–water partition coefficient (Wildman–Crippen LogP) is 4.23. The van der Waals surface area contributed by atoms with Gasteiger partial charge in [0.2, 0.25) is 0 Å². The standard InChI is InChI=1S/C24H20ClN7O3/c1-14-10-20(29-24(33)17-8-5-9-19(34-2)21(17)35-3)32(30-14)23-18-12-28-31(22(18)26-13-27-23)16-7-4-6-15(25)11-16/h4-13H,1-3H3,(H,29,33). The van der Waals surface area contributed by atoms with Gasteiger partial charge in [-0.05, 0) is 37.3 Å². The van der Waals surface area contributed by atoms with Crippen LogP contribution in [0, 0.1) is 6.92 Å². The number of anilines is 1. The number of carbonyl (C=O) groups is 1. The largest absolute Gasteiger partial charge is 0.493 e. The number of halogens is 1. The van der Waals surface area contributed by atoms with Gasteiger partial charge in [-0.15, -0.1) is 0 Å². The van der Waals surface area contributed by atoms with Crippen molar-refractivity contribution in [2.45, 2.75) is 6.92 Å². The van der Waals surface area contributed by atoms with Crippen molar-refractivity contribution < 1.29 is 14.3 Å². The number of rotatable bonds is 6. The van der Waals surface area contributed by atoms with Gasteiger partial charge in [-0.25, -0.2) is 14.6 Å². The lowest BCUT2D eigenvalue weighted by molar-refractivity contribution is 0.102. The molecule has 10 nitrogen and oxygen atoms in total. The molecule has 1 amide bonds. The van der Waals surface area contributed by atoms with Crippen molar-refractivity contribution >= 4 is 34.4 Å². The second-order valence-electron chi connectivity index (χ2n) is 7.55. The Bertz CT molecular complexity index is 1560. The van der Waals surface area contributed by atoms with E-state index < -0.39 is 0 Å². The Hall–Kier alpha value is -4.44. The number of amides is 1. The van der Waals surface area contributed by atoms with Gasteiger partial charge in [0.15, 0.2) is 23.0 Å². The number of aryl methyl sites for hydroxylation is 1. The summed E-state index contributed by atoms with van der Waals surface area (Å²) < 4.78 is 13.9. The van der Waals surface area contributed by atoms with Crippen molar-refractivity contribution in [2.24, 2.45) is 0 Å². The maximum atomic E-state index is 13.2. The molecule has 5 rings (SSSR count). The van der Waals surface area contributed by atoms with Crippen LogP contribution in [0.2, 0.25) is 5.02 Å². The van der Waals surface area contributed by atoms with Crippen LogP contribution in [0.5, 0.6) is 11.5 Å². The number of nitrogens with zero attached hydrogens (tertiary/aromatic N) is 6. The Balaban J connectivity index is 1.56. The SMILES string of the molecule is COc1cccc(C(=O)Nc2cc(C)nn2-c2ncnc3c2cnn3-c2cccc(Cl)c2)c1OC. The average molecular weight is 490 g/mol. The fourth-order valence-electron chi connectivity index (χ4n) is 3.80. The summed E-state index contributed by atoms with van der Waals surface area (Å²) in [5, 5.41) is 13.2. The van der Waals surface area contributed by atoms with Gasteiger partial charge in [0, 0.05) is 11.1 Å². The fraction of sp³-hybridized carbons (Fsp3) is 0.125. The highest BCUT2D eigenvalue weighted by Gasteiger charge is 2.21. The summed E-state index contributed by atoms with van der Waals surface area (Å²) in [6.07, 6.45) is 3.08. The molecule has 176 valence electrons. The summed E-state index contributed by atoms with van der Waals surface area (Å²) in [6, 6.07) is 14.1. The molecule has 0 aliphatic carbocycles. The van der Waals surface area contributed by atoms with Crippen LogP contribution in [0.3, 0.4) is 0 Å². The van der Waals surface area contributed by atoms with E-state index in [2.05, 4.69) is 25.5 Å². The minimum absolute atomic E-state index is 0.318. The highest BCUT2D eigenvalue weighted by Crippen LogP contribution is 2.32. The number of aromatic nitrogens is 6. The maximum Gasteiger partial charge on any atom is 0.260 e. The number of methoxy groups -OCH3 is 2. The lowest BCUT2D eigenvalue weighted by atomic mass is 10.1. The number of hydrogen-bond donors (Lipinski definition) is 1. The Morgan fingerprint density at radius 3 is 2.63 bits per heavy atom. The van der Waals surface area contributed by atoms with Crippen molar-refractivity contribution in [3.05, 3.63) is 77.3 Å². The van der Waals surface area contributed by atoms with E-state index in [1.165, 1.54) is 20.5 Å². The van der Waals surface area contributed by atoms with E-state index in [4.69, 9.17) is 21.1 Å². The molecule has 0 spiro atoms. The molecule has 0 fully saturated rings. The van der Waals surface area contributed by atoms with Gasteiger partial charge in [0.25, 0.3) is 5.91 Å². The van der Waals surface area contributed by atoms with Crippen molar-refractivity contribution in [3.63, 3.8) is 0 Å². The molecule has 35 heavy (non-hydrogen) atoms. The predicted molar refractivity (Wildman–Crippen MR) is 131 cm³/mol. The quantitative estimate of drug-likeness (QED) is 0.380. The van der Waals surface area contributed by atoms with Crippen LogP contribution in [-0.4, -0.2) is 49.7 Å². The van der Waals surface area contributed by atoms with E-state index in [1.807, 2.05) is 19.1 Å². The second kappa shape index (κ2) is 9.07. The van der Waals surface area contributed by atoms with Gasteiger partial charge < -0.3 is 14.8 Å². The van der Waals surface area contributed by atoms with E-state index in [-0.39, 0.29) is 5.91 Å². The van der Waals surface area contributed by atoms with E-state index in [1.54, 1.807) is 52.0 Å². The molecule has 0 atom stereocenters. The molecule has 0 radical (unpaired) electrons. The summed E-state index contributed by atoms with van der Waals surface area (Å²) in [6.45, 7) is 1.83. The van der Waals surface area contributed by atoms with Gasteiger partial charge in [0.05, 0.1) is 42.7 Å². The van der Waals surface area contributed by atoms with Gasteiger partial charge in [-0.3, -0.25) is 4.79 Å². The van der Waals surface area contributed by atoms with Crippen LogP contribution in [-0.2, 0) is 0 Å².